The van der Waals surface area contributed by atoms with Gasteiger partial charge in [0, 0.05) is 13.5 Å². The van der Waals surface area contributed by atoms with Crippen molar-refractivity contribution in [3.63, 3.8) is 0 Å². The first kappa shape index (κ1) is 24.6. The lowest BCUT2D eigenvalue weighted by molar-refractivity contribution is -0.151. The molecule has 0 radical (unpaired) electrons. The number of aliphatic hydroxyl groups excluding tert-OH is 1. The second-order valence-electron chi connectivity index (χ2n) is 7.60. The Morgan fingerprint density at radius 3 is 2.58 bits per heavy atom. The van der Waals surface area contributed by atoms with Gasteiger partial charge in [-0.3, -0.25) is 14.4 Å². The molecule has 0 bridgehead atoms. The summed E-state index contributed by atoms with van der Waals surface area (Å²) < 4.78 is 10.7. The lowest BCUT2D eigenvalue weighted by Crippen LogP contribution is -2.46. The lowest BCUT2D eigenvalue weighted by atomic mass is 10.0. The summed E-state index contributed by atoms with van der Waals surface area (Å²) in [4.78, 5) is 34.8. The number of primary amides is 1. The number of nitrogens with one attached hydrogen (secondary N) is 2. The van der Waals surface area contributed by atoms with Crippen molar-refractivity contribution in [2.45, 2.75) is 56.9 Å². The third-order valence-corrected chi connectivity index (χ3v) is 5.04. The summed E-state index contributed by atoms with van der Waals surface area (Å²) >= 11 is 0. The van der Waals surface area contributed by atoms with Gasteiger partial charge in [0.1, 0.15) is 24.0 Å². The molecule has 1 saturated heterocycles. The molecule has 0 unspecified atom stereocenters. The van der Waals surface area contributed by atoms with Gasteiger partial charge in [-0.1, -0.05) is 12.1 Å². The molecule has 0 aliphatic carbocycles. The zero-order valence-electron chi connectivity index (χ0n) is 17.7. The van der Waals surface area contributed by atoms with Crippen LogP contribution in [0.4, 0.5) is 0 Å². The predicted octanol–water partition coefficient (Wildman–Crippen LogP) is -1.03. The number of hydrogen-bond donors (Lipinski definition) is 5. The van der Waals surface area contributed by atoms with Crippen molar-refractivity contribution in [2.75, 3.05) is 19.7 Å². The summed E-state index contributed by atoms with van der Waals surface area (Å²) in [6, 6.07) is 6.18. The van der Waals surface area contributed by atoms with E-state index in [-0.39, 0.29) is 12.6 Å². The quantitative estimate of drug-likeness (QED) is 0.205. The fourth-order valence-corrected chi connectivity index (χ4v) is 3.45. The highest BCUT2D eigenvalue weighted by molar-refractivity contribution is 5.87. The van der Waals surface area contributed by atoms with Crippen molar-refractivity contribution in [2.24, 2.45) is 11.5 Å². The maximum atomic E-state index is 12.1. The van der Waals surface area contributed by atoms with Gasteiger partial charge in [-0.25, -0.2) is 0 Å². The number of esters is 1. The Balaban J connectivity index is 1.82. The number of aliphatic hydroxyl groups is 1. The van der Waals surface area contributed by atoms with Crippen molar-refractivity contribution in [3.8, 4) is 5.75 Å². The van der Waals surface area contributed by atoms with Gasteiger partial charge in [-0.15, -0.1) is 0 Å². The number of carbonyl (C=O) groups is 3. The van der Waals surface area contributed by atoms with Gasteiger partial charge in [0.15, 0.2) is 6.61 Å². The number of rotatable bonds is 12. The van der Waals surface area contributed by atoms with Crippen molar-refractivity contribution in [1.82, 2.24) is 10.6 Å². The molecule has 1 heterocycles. The molecule has 2 amide bonds. The van der Waals surface area contributed by atoms with Crippen LogP contribution in [-0.4, -0.2) is 66.9 Å². The summed E-state index contributed by atoms with van der Waals surface area (Å²) in [6.45, 7) is 1.94. The van der Waals surface area contributed by atoms with Crippen molar-refractivity contribution >= 4 is 17.8 Å². The maximum Gasteiger partial charge on any atom is 0.303 e. The minimum atomic E-state index is -0.746. The maximum absolute atomic E-state index is 12.1. The number of benzene rings is 1. The fourth-order valence-electron chi connectivity index (χ4n) is 3.45. The SMILES string of the molecule is CC(=O)O[C@@H]1[C@@H](O)CN[C@@H]1Cc1ccc(OCC(=O)N[C@@H](CCCCN)C(N)=O)cc1. The molecule has 10 nitrogen and oxygen atoms in total. The first-order valence-electron chi connectivity index (χ1n) is 10.4. The Hall–Kier alpha value is -2.69. The Bertz CT molecular complexity index is 742. The smallest absolute Gasteiger partial charge is 0.303 e. The van der Waals surface area contributed by atoms with Crippen LogP contribution in [0.15, 0.2) is 24.3 Å². The van der Waals surface area contributed by atoms with E-state index in [1.54, 1.807) is 12.1 Å². The number of hydrogen-bond acceptors (Lipinski definition) is 8. The molecule has 0 spiro atoms. The average Bonchev–Trinajstić information content (AvgIpc) is 3.05. The number of carbonyl (C=O) groups excluding carboxylic acids is 3. The van der Waals surface area contributed by atoms with Gasteiger partial charge in [-0.2, -0.15) is 0 Å². The Morgan fingerprint density at radius 1 is 1.26 bits per heavy atom. The molecule has 10 heteroatoms. The van der Waals surface area contributed by atoms with Crippen molar-refractivity contribution < 1.29 is 29.0 Å². The summed E-state index contributed by atoms with van der Waals surface area (Å²) in [5.41, 5.74) is 11.7. The Labute approximate surface area is 181 Å². The number of ether oxygens (including phenoxy) is 2. The lowest BCUT2D eigenvalue weighted by Gasteiger charge is -2.21. The van der Waals surface area contributed by atoms with E-state index in [9.17, 15) is 19.5 Å². The van der Waals surface area contributed by atoms with E-state index in [0.29, 0.717) is 38.1 Å². The summed E-state index contributed by atoms with van der Waals surface area (Å²) in [5, 5.41) is 15.7. The van der Waals surface area contributed by atoms with E-state index in [2.05, 4.69) is 10.6 Å². The van der Waals surface area contributed by atoms with Crippen LogP contribution in [0.2, 0.25) is 0 Å². The molecule has 0 saturated carbocycles. The van der Waals surface area contributed by atoms with Crippen molar-refractivity contribution in [3.05, 3.63) is 29.8 Å². The van der Waals surface area contributed by atoms with Gasteiger partial charge in [0.2, 0.25) is 5.91 Å². The highest BCUT2D eigenvalue weighted by Crippen LogP contribution is 2.19. The first-order valence-corrected chi connectivity index (χ1v) is 10.4. The normalized spacial score (nSPS) is 21.3. The molecule has 7 N–H and O–H groups in total. The van der Waals surface area contributed by atoms with Crippen LogP contribution in [-0.2, 0) is 25.5 Å². The molecular weight excluding hydrogens is 404 g/mol. The molecule has 4 atom stereocenters. The van der Waals surface area contributed by atoms with Gasteiger partial charge in [-0.05, 0) is 49.9 Å². The van der Waals surface area contributed by atoms with E-state index in [4.69, 9.17) is 20.9 Å². The summed E-state index contributed by atoms with van der Waals surface area (Å²) in [6.07, 6.45) is 1.09. The van der Waals surface area contributed by atoms with E-state index in [1.165, 1.54) is 6.92 Å². The number of nitrogens with two attached hydrogens (primary N) is 2. The van der Waals surface area contributed by atoms with E-state index >= 15 is 0 Å². The number of amides is 2. The topological polar surface area (TPSA) is 166 Å². The highest BCUT2D eigenvalue weighted by Gasteiger charge is 2.37. The minimum Gasteiger partial charge on any atom is -0.484 e. The zero-order chi connectivity index (χ0) is 22.8. The summed E-state index contributed by atoms with van der Waals surface area (Å²) in [7, 11) is 0. The molecule has 0 aromatic heterocycles. The van der Waals surface area contributed by atoms with E-state index in [0.717, 1.165) is 12.0 Å². The second-order valence-corrected chi connectivity index (χ2v) is 7.60. The average molecular weight is 437 g/mol. The second kappa shape index (κ2) is 12.2. The summed E-state index contributed by atoms with van der Waals surface area (Å²) in [5.74, 6) is -0.965. The number of β-amino-alcohol motifs (C(OH)–C–C–N with tert-alkyl or cyclic N) is 1. The standard InChI is InChI=1S/C21H32N4O6/c1-13(26)31-20-17(24-11-18(20)27)10-14-5-7-15(8-6-14)30-12-19(28)25-16(21(23)29)4-2-3-9-22/h5-8,16-18,20,24,27H,2-4,9-12,22H2,1H3,(H2,23,29)(H,25,28)/t16-,17+,18-,20-/m0/s1. The highest BCUT2D eigenvalue weighted by atomic mass is 16.6. The molecule has 1 aromatic carbocycles. The van der Waals surface area contributed by atoms with Crippen LogP contribution >= 0.6 is 0 Å². The van der Waals surface area contributed by atoms with Gasteiger partial charge >= 0.3 is 5.97 Å². The largest absolute Gasteiger partial charge is 0.484 e. The molecule has 31 heavy (non-hydrogen) atoms. The molecular formula is C21H32N4O6. The van der Waals surface area contributed by atoms with Crippen LogP contribution in [0.3, 0.4) is 0 Å². The Morgan fingerprint density at radius 2 is 1.97 bits per heavy atom. The monoisotopic (exact) mass is 436 g/mol. The van der Waals surface area contributed by atoms with Crippen LogP contribution < -0.4 is 26.8 Å². The van der Waals surface area contributed by atoms with E-state index < -0.39 is 36.0 Å². The van der Waals surface area contributed by atoms with Crippen LogP contribution in [0.5, 0.6) is 5.75 Å². The van der Waals surface area contributed by atoms with Crippen LogP contribution in [0.1, 0.15) is 31.7 Å². The van der Waals surface area contributed by atoms with Crippen LogP contribution in [0.25, 0.3) is 0 Å². The molecule has 1 aliphatic heterocycles. The van der Waals surface area contributed by atoms with Gasteiger partial charge in [0.25, 0.3) is 5.91 Å². The third kappa shape index (κ3) is 8.16. The Kier molecular flexibility index (Phi) is 9.70. The molecule has 1 aromatic rings. The third-order valence-electron chi connectivity index (χ3n) is 5.04. The number of unbranched alkanes of at least 4 members (excludes halogenated alkanes) is 1. The van der Waals surface area contributed by atoms with Crippen LogP contribution in [0, 0.1) is 0 Å². The molecule has 2 rings (SSSR count). The first-order chi connectivity index (χ1) is 14.8. The minimum absolute atomic E-state index is 0.193. The zero-order valence-corrected chi connectivity index (χ0v) is 17.7. The van der Waals surface area contributed by atoms with Gasteiger partial charge < -0.3 is 36.7 Å². The molecule has 172 valence electrons. The molecule has 1 fully saturated rings. The fraction of sp³-hybridized carbons (Fsp3) is 0.571. The van der Waals surface area contributed by atoms with Gasteiger partial charge in [0.05, 0.1) is 6.04 Å². The van der Waals surface area contributed by atoms with E-state index in [1.807, 2.05) is 12.1 Å². The molecule has 1 aliphatic rings. The van der Waals surface area contributed by atoms with Crippen molar-refractivity contribution in [1.29, 1.82) is 0 Å². The predicted molar refractivity (Wildman–Crippen MR) is 113 cm³/mol.